The second-order valence-electron chi connectivity index (χ2n) is 3.12. The minimum Gasteiger partial charge on any atom is -0.210 e. The molecule has 0 aliphatic heterocycles. The largest absolute Gasteiger partial charge is 0.251 e. The Labute approximate surface area is 112 Å². The van der Waals surface area contributed by atoms with Crippen LogP contribution in [0, 0.1) is 0 Å². The van der Waals surface area contributed by atoms with E-state index < -0.39 is 10.0 Å². The summed E-state index contributed by atoms with van der Waals surface area (Å²) in [5.41, 5.74) is 8.05. The molecule has 0 bridgehead atoms. The summed E-state index contributed by atoms with van der Waals surface area (Å²) in [6.45, 7) is 0.731. The summed E-state index contributed by atoms with van der Waals surface area (Å²) in [5, 5.41) is 5.08. The number of halogens is 1. The van der Waals surface area contributed by atoms with Gasteiger partial charge in [-0.25, -0.2) is 13.1 Å². The maximum Gasteiger partial charge on any atom is 0.251 e. The minimum atomic E-state index is -3.42. The van der Waals surface area contributed by atoms with E-state index in [4.69, 9.17) is 5.53 Å². The van der Waals surface area contributed by atoms with Crippen molar-refractivity contribution in [2.24, 2.45) is 5.11 Å². The number of thiophene rings is 1. The molecule has 0 aliphatic rings. The summed E-state index contributed by atoms with van der Waals surface area (Å²) < 4.78 is 26.9. The van der Waals surface area contributed by atoms with E-state index in [0.717, 1.165) is 11.3 Å². The Morgan fingerprint density at radius 2 is 2.29 bits per heavy atom. The number of hydrogen-bond acceptors (Lipinski definition) is 4. The van der Waals surface area contributed by atoms with E-state index in [1.165, 1.54) is 0 Å². The molecule has 1 rings (SSSR count). The van der Waals surface area contributed by atoms with Crippen LogP contribution >= 0.6 is 27.3 Å². The van der Waals surface area contributed by atoms with E-state index in [9.17, 15) is 8.42 Å². The molecule has 0 radical (unpaired) electrons. The molecule has 0 aliphatic carbocycles. The molecule has 0 unspecified atom stereocenters. The zero-order valence-corrected chi connectivity index (χ0v) is 12.1. The first-order chi connectivity index (χ1) is 8.08. The molecule has 6 nitrogen and oxygen atoms in total. The summed E-state index contributed by atoms with van der Waals surface area (Å²) in [7, 11) is -3.42. The van der Waals surface area contributed by atoms with Gasteiger partial charge in [0.15, 0.2) is 0 Å². The summed E-state index contributed by atoms with van der Waals surface area (Å²) in [6, 6.07) is 1.70. The van der Waals surface area contributed by atoms with Crippen molar-refractivity contribution in [3.63, 3.8) is 0 Å². The van der Waals surface area contributed by atoms with Crippen LogP contribution in [0.2, 0.25) is 0 Å². The van der Waals surface area contributed by atoms with Gasteiger partial charge in [0, 0.05) is 22.5 Å². The Kier molecular flexibility index (Phi) is 5.93. The molecule has 0 spiro atoms. The Hall–Kier alpha value is -0.600. The van der Waals surface area contributed by atoms with Crippen LogP contribution in [0.25, 0.3) is 10.4 Å². The zero-order chi connectivity index (χ0) is 12.7. The smallest absolute Gasteiger partial charge is 0.210 e. The Bertz CT molecular complexity index is 507. The summed E-state index contributed by atoms with van der Waals surface area (Å²) >= 11 is 4.35. The third-order valence-electron chi connectivity index (χ3n) is 1.87. The topological polar surface area (TPSA) is 94.9 Å². The van der Waals surface area contributed by atoms with Crippen molar-refractivity contribution in [3.8, 4) is 0 Å². The van der Waals surface area contributed by atoms with Crippen LogP contribution in [0.3, 0.4) is 0 Å². The van der Waals surface area contributed by atoms with Gasteiger partial charge >= 0.3 is 0 Å². The van der Waals surface area contributed by atoms with Crippen molar-refractivity contribution in [2.45, 2.75) is 17.1 Å². The molecule has 1 aromatic heterocycles. The fourth-order valence-corrected chi connectivity index (χ4v) is 4.55. The minimum absolute atomic E-state index is 0.285. The van der Waals surface area contributed by atoms with E-state index in [1.54, 1.807) is 11.4 Å². The molecule has 17 heavy (non-hydrogen) atoms. The number of hydrogen-bond donors (Lipinski definition) is 1. The van der Waals surface area contributed by atoms with Gasteiger partial charge in [0.2, 0.25) is 0 Å². The maximum absolute atomic E-state index is 11.8. The number of sulfonamides is 1. The van der Waals surface area contributed by atoms with Crippen LogP contribution in [0.5, 0.6) is 0 Å². The highest BCUT2D eigenvalue weighted by Crippen LogP contribution is 2.27. The first kappa shape index (κ1) is 14.5. The highest BCUT2D eigenvalue weighted by molar-refractivity contribution is 9.10. The fourth-order valence-electron chi connectivity index (χ4n) is 1.10. The van der Waals surface area contributed by atoms with Crippen molar-refractivity contribution < 1.29 is 8.42 Å². The van der Waals surface area contributed by atoms with Crippen LogP contribution in [0.1, 0.15) is 12.8 Å². The third kappa shape index (κ3) is 4.64. The van der Waals surface area contributed by atoms with E-state index in [2.05, 4.69) is 30.7 Å². The number of nitrogens with zero attached hydrogens (tertiary/aromatic N) is 3. The first-order valence-electron chi connectivity index (χ1n) is 4.81. The van der Waals surface area contributed by atoms with Gasteiger partial charge < -0.3 is 0 Å². The summed E-state index contributed by atoms with van der Waals surface area (Å²) in [4.78, 5) is 2.62. The SMILES string of the molecule is [N-]=[N+]=NCCCCNS(=O)(=O)c1sccc1Br. The van der Waals surface area contributed by atoms with Gasteiger partial charge in [-0.1, -0.05) is 5.11 Å². The van der Waals surface area contributed by atoms with Gasteiger partial charge in [0.25, 0.3) is 10.0 Å². The number of unbranched alkanes of at least 4 members (excludes halogenated alkanes) is 1. The molecule has 1 N–H and O–H groups in total. The van der Waals surface area contributed by atoms with E-state index in [0.29, 0.717) is 30.4 Å². The predicted molar refractivity (Wildman–Crippen MR) is 70.5 cm³/mol. The van der Waals surface area contributed by atoms with Crippen LogP contribution in [-0.4, -0.2) is 21.5 Å². The molecule has 1 aromatic rings. The Morgan fingerprint density at radius 1 is 1.53 bits per heavy atom. The van der Waals surface area contributed by atoms with Crippen LogP contribution in [0.4, 0.5) is 0 Å². The molecule has 1 heterocycles. The molecule has 0 saturated carbocycles. The van der Waals surface area contributed by atoms with Gasteiger partial charge in [0.05, 0.1) is 0 Å². The van der Waals surface area contributed by atoms with Gasteiger partial charge in [-0.15, -0.1) is 11.3 Å². The molecule has 0 saturated heterocycles. The predicted octanol–water partition coefficient (Wildman–Crippen LogP) is 2.88. The average molecular weight is 339 g/mol. The molecule has 0 atom stereocenters. The molecular weight excluding hydrogens is 328 g/mol. The Morgan fingerprint density at radius 3 is 2.88 bits per heavy atom. The standard InChI is InChI=1S/C8H11BrN4O2S2/c9-7-3-6-16-8(7)17(14,15)12-5-2-1-4-11-13-10/h3,6,12H,1-2,4-5H2. The lowest BCUT2D eigenvalue weighted by Gasteiger charge is -2.04. The quantitative estimate of drug-likeness (QED) is 0.358. The second kappa shape index (κ2) is 6.97. The molecule has 9 heteroatoms. The maximum atomic E-state index is 11.8. The monoisotopic (exact) mass is 338 g/mol. The van der Waals surface area contributed by atoms with Crippen molar-refractivity contribution >= 4 is 37.3 Å². The summed E-state index contributed by atoms with van der Waals surface area (Å²) in [6.07, 6.45) is 1.30. The van der Waals surface area contributed by atoms with Crippen LogP contribution < -0.4 is 4.72 Å². The normalized spacial score (nSPS) is 11.1. The molecule has 0 aromatic carbocycles. The van der Waals surface area contributed by atoms with Crippen molar-refractivity contribution in [1.82, 2.24) is 4.72 Å². The Balaban J connectivity index is 2.41. The first-order valence-corrected chi connectivity index (χ1v) is 7.97. The van der Waals surface area contributed by atoms with Crippen LogP contribution in [0.15, 0.2) is 25.2 Å². The second-order valence-corrected chi connectivity index (χ2v) is 6.85. The van der Waals surface area contributed by atoms with Gasteiger partial charge in [-0.2, -0.15) is 0 Å². The van der Waals surface area contributed by atoms with E-state index >= 15 is 0 Å². The molecule has 0 fully saturated rings. The fraction of sp³-hybridized carbons (Fsp3) is 0.500. The number of nitrogens with one attached hydrogen (secondary N) is 1. The number of rotatable bonds is 7. The summed E-state index contributed by atoms with van der Waals surface area (Å²) in [5.74, 6) is 0. The van der Waals surface area contributed by atoms with Gasteiger partial charge in [0.1, 0.15) is 4.21 Å². The van der Waals surface area contributed by atoms with E-state index in [1.807, 2.05) is 0 Å². The lowest BCUT2D eigenvalue weighted by Crippen LogP contribution is -2.24. The lowest BCUT2D eigenvalue weighted by molar-refractivity contribution is 0.579. The zero-order valence-electron chi connectivity index (χ0n) is 8.84. The van der Waals surface area contributed by atoms with Crippen LogP contribution in [-0.2, 0) is 10.0 Å². The molecular formula is C8H11BrN4O2S2. The molecule has 0 amide bonds. The van der Waals surface area contributed by atoms with Crippen molar-refractivity contribution in [3.05, 3.63) is 26.4 Å². The lowest BCUT2D eigenvalue weighted by atomic mass is 10.3. The number of azide groups is 1. The van der Waals surface area contributed by atoms with Gasteiger partial charge in [-0.05, 0) is 45.7 Å². The third-order valence-corrected chi connectivity index (χ3v) is 6.00. The van der Waals surface area contributed by atoms with E-state index in [-0.39, 0.29) is 4.21 Å². The van der Waals surface area contributed by atoms with Gasteiger partial charge in [-0.3, -0.25) is 0 Å². The highest BCUT2D eigenvalue weighted by Gasteiger charge is 2.17. The average Bonchev–Trinajstić information content (AvgIpc) is 2.70. The highest BCUT2D eigenvalue weighted by atomic mass is 79.9. The molecule has 94 valence electrons. The van der Waals surface area contributed by atoms with Crippen molar-refractivity contribution in [2.75, 3.05) is 13.1 Å². The van der Waals surface area contributed by atoms with Crippen molar-refractivity contribution in [1.29, 1.82) is 0 Å².